The minimum Gasteiger partial charge on any atom is -0.480 e. The van der Waals surface area contributed by atoms with E-state index in [-0.39, 0.29) is 23.8 Å². The zero-order chi connectivity index (χ0) is 19.5. The number of carboxylic acids is 1. The van der Waals surface area contributed by atoms with Gasteiger partial charge in [-0.3, -0.25) is 9.59 Å². The molecule has 2 N–H and O–H groups in total. The van der Waals surface area contributed by atoms with Gasteiger partial charge in [-0.25, -0.2) is 4.79 Å². The van der Waals surface area contributed by atoms with Crippen molar-refractivity contribution in [3.8, 4) is 0 Å². The van der Waals surface area contributed by atoms with Crippen LogP contribution in [-0.4, -0.2) is 52.6 Å². The first-order valence-electron chi connectivity index (χ1n) is 8.01. The average Bonchev–Trinajstić information content (AvgIpc) is 2.82. The molecule has 2 amide bonds. The van der Waals surface area contributed by atoms with Crippen LogP contribution in [0.1, 0.15) is 34.6 Å². The second-order valence-electron chi connectivity index (χ2n) is 8.50. The number of carbonyl (C=O) groups excluding carboxylic acids is 2. The normalized spacial score (nSPS) is 29.0. The van der Waals surface area contributed by atoms with Gasteiger partial charge < -0.3 is 15.3 Å². The summed E-state index contributed by atoms with van der Waals surface area (Å²) >= 11 is 0. The SMILES string of the molecule is CC(C)(C)[C@H](NC(=O)C(F)(F)F)C(=O)N1C[C@H]2[C@@H](C1C(=O)O)C2(C)C. The number of nitrogens with one attached hydrogen (secondary N) is 1. The monoisotopic (exact) mass is 364 g/mol. The van der Waals surface area contributed by atoms with Crippen LogP contribution in [0, 0.1) is 22.7 Å². The summed E-state index contributed by atoms with van der Waals surface area (Å²) in [6.07, 6.45) is -5.12. The van der Waals surface area contributed by atoms with Gasteiger partial charge in [0.1, 0.15) is 12.1 Å². The molecule has 0 aromatic carbocycles. The molecule has 4 atom stereocenters. The van der Waals surface area contributed by atoms with Gasteiger partial charge in [-0.15, -0.1) is 0 Å². The van der Waals surface area contributed by atoms with Crippen molar-refractivity contribution < 1.29 is 32.7 Å². The number of carboxylic acid groups (broad SMARTS) is 1. The molecule has 2 aliphatic rings. The third kappa shape index (κ3) is 3.32. The van der Waals surface area contributed by atoms with Gasteiger partial charge in [-0.05, 0) is 16.7 Å². The van der Waals surface area contributed by atoms with Gasteiger partial charge in [-0.1, -0.05) is 34.6 Å². The van der Waals surface area contributed by atoms with Crippen molar-refractivity contribution in [2.45, 2.75) is 52.9 Å². The van der Waals surface area contributed by atoms with Gasteiger partial charge in [0.05, 0.1) is 0 Å². The molecule has 1 heterocycles. The van der Waals surface area contributed by atoms with E-state index in [0.29, 0.717) is 0 Å². The standard InChI is InChI=1S/C16H23F3N2O4/c1-14(2,3)10(20-13(25)16(17,18)19)11(22)21-6-7-8(15(7,4)5)9(21)12(23)24/h7-10H,6H2,1-5H3,(H,20,25)(H,23,24)/t7-,8-,9?,10+/m0/s1. The third-order valence-corrected chi connectivity index (χ3v) is 5.39. The van der Waals surface area contributed by atoms with Crippen LogP contribution in [0.3, 0.4) is 0 Å². The van der Waals surface area contributed by atoms with E-state index in [1.54, 1.807) is 5.32 Å². The van der Waals surface area contributed by atoms with Crippen molar-refractivity contribution in [3.63, 3.8) is 0 Å². The second kappa shape index (κ2) is 5.60. The van der Waals surface area contributed by atoms with E-state index in [4.69, 9.17) is 0 Å². The summed E-state index contributed by atoms with van der Waals surface area (Å²) in [5, 5.41) is 11.2. The van der Waals surface area contributed by atoms with Crippen LogP contribution in [-0.2, 0) is 14.4 Å². The molecule has 2 rings (SSSR count). The molecule has 1 unspecified atom stereocenters. The fraction of sp³-hybridized carbons (Fsp3) is 0.812. The van der Waals surface area contributed by atoms with E-state index in [1.807, 2.05) is 13.8 Å². The first kappa shape index (κ1) is 19.5. The number of alkyl halides is 3. The van der Waals surface area contributed by atoms with Crippen molar-refractivity contribution in [3.05, 3.63) is 0 Å². The van der Waals surface area contributed by atoms with E-state index in [9.17, 15) is 32.7 Å². The van der Waals surface area contributed by atoms with E-state index < -0.39 is 41.5 Å². The number of nitrogens with zero attached hydrogens (tertiary/aromatic N) is 1. The predicted molar refractivity (Wildman–Crippen MR) is 81.3 cm³/mol. The summed E-state index contributed by atoms with van der Waals surface area (Å²) < 4.78 is 37.7. The number of hydrogen-bond donors (Lipinski definition) is 2. The Bertz CT molecular complexity index is 609. The molecule has 0 aromatic heterocycles. The molecular weight excluding hydrogens is 341 g/mol. The largest absolute Gasteiger partial charge is 0.480 e. The van der Waals surface area contributed by atoms with Crippen LogP contribution in [0.15, 0.2) is 0 Å². The zero-order valence-corrected chi connectivity index (χ0v) is 14.8. The van der Waals surface area contributed by atoms with Gasteiger partial charge in [0.25, 0.3) is 0 Å². The lowest BCUT2D eigenvalue weighted by Gasteiger charge is -2.36. The minimum absolute atomic E-state index is 0.00325. The number of rotatable bonds is 3. The molecular formula is C16H23F3N2O4. The number of fused-ring (bicyclic) bond motifs is 1. The van der Waals surface area contributed by atoms with Crippen LogP contribution >= 0.6 is 0 Å². The van der Waals surface area contributed by atoms with Crippen molar-refractivity contribution in [2.24, 2.45) is 22.7 Å². The first-order valence-corrected chi connectivity index (χ1v) is 8.01. The molecule has 0 radical (unpaired) electrons. The Kier molecular flexibility index (Phi) is 4.38. The maximum atomic E-state index is 12.8. The van der Waals surface area contributed by atoms with Crippen molar-refractivity contribution in [1.82, 2.24) is 10.2 Å². The van der Waals surface area contributed by atoms with Gasteiger partial charge >= 0.3 is 18.1 Å². The molecule has 1 saturated carbocycles. The molecule has 6 nitrogen and oxygen atoms in total. The highest BCUT2D eigenvalue weighted by atomic mass is 19.4. The molecule has 1 aliphatic carbocycles. The molecule has 2 fully saturated rings. The van der Waals surface area contributed by atoms with Crippen LogP contribution in [0.4, 0.5) is 13.2 Å². The average molecular weight is 364 g/mol. The fourth-order valence-corrected chi connectivity index (χ4v) is 3.82. The fourth-order valence-electron chi connectivity index (χ4n) is 3.82. The lowest BCUT2D eigenvalue weighted by Crippen LogP contribution is -2.59. The molecule has 0 aromatic rings. The first-order chi connectivity index (χ1) is 11.1. The molecule has 25 heavy (non-hydrogen) atoms. The Labute approximate surface area is 143 Å². The topological polar surface area (TPSA) is 86.7 Å². The highest BCUT2D eigenvalue weighted by Gasteiger charge is 2.70. The van der Waals surface area contributed by atoms with Gasteiger partial charge in [0, 0.05) is 12.5 Å². The lowest BCUT2D eigenvalue weighted by molar-refractivity contribution is -0.176. The predicted octanol–water partition coefficient (Wildman–Crippen LogP) is 1.65. The molecule has 142 valence electrons. The summed E-state index contributed by atoms with van der Waals surface area (Å²) in [7, 11) is 0. The van der Waals surface area contributed by atoms with Crippen molar-refractivity contribution in [1.29, 1.82) is 0 Å². The van der Waals surface area contributed by atoms with Gasteiger partial charge in [0.2, 0.25) is 5.91 Å². The third-order valence-electron chi connectivity index (χ3n) is 5.39. The van der Waals surface area contributed by atoms with E-state index >= 15 is 0 Å². The van der Waals surface area contributed by atoms with Crippen LogP contribution < -0.4 is 5.32 Å². The summed E-state index contributed by atoms with van der Waals surface area (Å²) in [5.41, 5.74) is -1.23. The molecule has 0 bridgehead atoms. The van der Waals surface area contributed by atoms with Gasteiger partial charge in [0.15, 0.2) is 0 Å². The number of likely N-dealkylation sites (tertiary alicyclic amines) is 1. The molecule has 1 saturated heterocycles. The van der Waals surface area contributed by atoms with E-state index in [0.717, 1.165) is 4.90 Å². The number of amides is 2. The second-order valence-corrected chi connectivity index (χ2v) is 8.50. The summed E-state index contributed by atoms with van der Waals surface area (Å²) in [6, 6.07) is -2.55. The number of hydrogen-bond acceptors (Lipinski definition) is 3. The molecule has 1 aliphatic heterocycles. The Morgan fingerprint density at radius 3 is 2.12 bits per heavy atom. The Balaban J connectivity index is 2.26. The number of halogens is 3. The quantitative estimate of drug-likeness (QED) is 0.797. The molecule has 9 heteroatoms. The van der Waals surface area contributed by atoms with E-state index in [1.165, 1.54) is 20.8 Å². The number of piperidine rings is 1. The van der Waals surface area contributed by atoms with Crippen LogP contribution in [0.2, 0.25) is 0 Å². The highest BCUT2D eigenvalue weighted by Crippen LogP contribution is 2.65. The maximum Gasteiger partial charge on any atom is 0.471 e. The lowest BCUT2D eigenvalue weighted by atomic mass is 9.85. The summed E-state index contributed by atoms with van der Waals surface area (Å²) in [5.74, 6) is -4.41. The van der Waals surface area contributed by atoms with Crippen molar-refractivity contribution >= 4 is 17.8 Å². The van der Waals surface area contributed by atoms with Crippen LogP contribution in [0.25, 0.3) is 0 Å². The highest BCUT2D eigenvalue weighted by molar-refractivity contribution is 5.93. The summed E-state index contributed by atoms with van der Waals surface area (Å²) in [4.78, 5) is 36.9. The number of aliphatic carboxylic acids is 1. The zero-order valence-electron chi connectivity index (χ0n) is 14.8. The minimum atomic E-state index is -5.12. The Hall–Kier alpha value is -1.80. The molecule has 0 spiro atoms. The van der Waals surface area contributed by atoms with Gasteiger partial charge in [-0.2, -0.15) is 13.2 Å². The maximum absolute atomic E-state index is 12.8. The van der Waals surface area contributed by atoms with E-state index in [2.05, 4.69) is 0 Å². The Morgan fingerprint density at radius 1 is 1.20 bits per heavy atom. The van der Waals surface area contributed by atoms with Crippen LogP contribution in [0.5, 0.6) is 0 Å². The Morgan fingerprint density at radius 2 is 1.72 bits per heavy atom. The summed E-state index contributed by atoms with van der Waals surface area (Å²) in [6.45, 7) is 8.54. The number of carbonyl (C=O) groups is 3. The van der Waals surface area contributed by atoms with Crippen molar-refractivity contribution in [2.75, 3.05) is 6.54 Å². The smallest absolute Gasteiger partial charge is 0.471 e.